The van der Waals surface area contributed by atoms with E-state index in [0.717, 1.165) is 4.13 Å². The van der Waals surface area contributed by atoms with Crippen LogP contribution in [0.15, 0.2) is 0 Å². The summed E-state index contributed by atoms with van der Waals surface area (Å²) >= 11 is 0. The van der Waals surface area contributed by atoms with E-state index in [-0.39, 0.29) is 0 Å². The summed E-state index contributed by atoms with van der Waals surface area (Å²) in [6.45, 7) is 10.5. The molecule has 0 radical (unpaired) electrons. The van der Waals surface area contributed by atoms with Gasteiger partial charge in [-0.05, 0) is 19.3 Å². The predicted molar refractivity (Wildman–Crippen MR) is 96.7 cm³/mol. The van der Waals surface area contributed by atoms with Gasteiger partial charge in [0, 0.05) is 12.8 Å². The van der Waals surface area contributed by atoms with Crippen LogP contribution in [0.5, 0.6) is 0 Å². The topological polar surface area (TPSA) is 82.4 Å². The van der Waals surface area contributed by atoms with Gasteiger partial charge in [0.25, 0.3) is 0 Å². The molecule has 1 rings (SSSR count). The van der Waals surface area contributed by atoms with Crippen molar-refractivity contribution in [2.75, 3.05) is 26.2 Å². The third kappa shape index (κ3) is 9.39. The number of unbranched alkanes of at least 4 members (excludes halogenated alkanes) is 3. The Labute approximate surface area is 168 Å². The highest BCUT2D eigenvalue weighted by Crippen LogP contribution is 2.36. The van der Waals surface area contributed by atoms with Gasteiger partial charge in [0.05, 0.1) is 26.2 Å². The van der Waals surface area contributed by atoms with Gasteiger partial charge in [-0.3, -0.25) is 0 Å². The second-order valence-electron chi connectivity index (χ2n) is 6.92. The van der Waals surface area contributed by atoms with Crippen LogP contribution in [0.4, 0.5) is 26.3 Å². The molecule has 14 heteroatoms. The highest BCUT2D eigenvalue weighted by molar-refractivity contribution is 8.13. The molecule has 1 saturated heterocycles. The summed E-state index contributed by atoms with van der Waals surface area (Å²) in [7, 11) is -13.4. The Bertz CT molecular complexity index is 643. The Balaban J connectivity index is 0.000000541. The number of likely N-dealkylation sites (tertiary alicyclic amines) is 1. The Morgan fingerprint density at radius 3 is 1.52 bits per heavy atom. The first-order valence-corrected chi connectivity index (χ1v) is 12.1. The van der Waals surface area contributed by atoms with Gasteiger partial charge in [0.15, 0.2) is 20.0 Å². The predicted octanol–water partition coefficient (Wildman–Crippen LogP) is 4.65. The summed E-state index contributed by atoms with van der Waals surface area (Å²) in [4.78, 5) is 0. The van der Waals surface area contributed by atoms with Crippen LogP contribution in [0.25, 0.3) is 4.13 Å². The molecule has 0 aromatic heterocycles. The molecule has 0 aromatic carbocycles. The zero-order chi connectivity index (χ0) is 23.0. The first kappa shape index (κ1) is 28.4. The summed E-state index contributed by atoms with van der Waals surface area (Å²) < 4.78 is 111. The van der Waals surface area contributed by atoms with E-state index in [1.54, 1.807) is 0 Å². The number of quaternary nitrogens is 1. The van der Waals surface area contributed by atoms with E-state index in [9.17, 15) is 43.2 Å². The lowest BCUT2D eigenvalue weighted by atomic mass is 10.2. The highest BCUT2D eigenvalue weighted by Gasteiger charge is 2.46. The molecule has 0 amide bonds. The van der Waals surface area contributed by atoms with Crippen molar-refractivity contribution < 1.29 is 47.7 Å². The SMILES string of the molecule is CCCCCC[N+]1(CCC)CCCC1.O=S(=O)([N-]S(=O)(=O)C(F)(F)F)C(F)(F)F. The Kier molecular flexibility index (Phi) is 10.9. The summed E-state index contributed by atoms with van der Waals surface area (Å²) in [6, 6.07) is 0. The average molecular weight is 479 g/mol. The molecule has 1 heterocycles. The van der Waals surface area contributed by atoms with Gasteiger partial charge >= 0.3 is 11.0 Å². The van der Waals surface area contributed by atoms with E-state index in [0.29, 0.717) is 0 Å². The number of halogens is 6. The Hall–Kier alpha value is -0.600. The van der Waals surface area contributed by atoms with E-state index in [1.165, 1.54) is 75.6 Å². The first-order chi connectivity index (χ1) is 13.0. The molecule has 0 N–H and O–H groups in total. The number of nitrogens with zero attached hydrogens (tertiary/aromatic N) is 2. The molecule has 0 unspecified atom stereocenters. The highest BCUT2D eigenvalue weighted by atomic mass is 32.3. The molecule has 1 aliphatic rings. The number of hydrogen-bond donors (Lipinski definition) is 0. The minimum Gasteiger partial charge on any atom is -0.421 e. The summed E-state index contributed by atoms with van der Waals surface area (Å²) in [6.07, 6.45) is 10.1. The normalized spacial score (nSPS) is 17.7. The molecule has 1 fully saturated rings. The molecule has 29 heavy (non-hydrogen) atoms. The zero-order valence-corrected chi connectivity index (χ0v) is 18.0. The first-order valence-electron chi connectivity index (χ1n) is 9.25. The van der Waals surface area contributed by atoms with Crippen molar-refractivity contribution in [2.24, 2.45) is 0 Å². The maximum absolute atomic E-state index is 11.4. The van der Waals surface area contributed by atoms with Crippen LogP contribution in [0, 0.1) is 0 Å². The lowest BCUT2D eigenvalue weighted by Gasteiger charge is -2.34. The van der Waals surface area contributed by atoms with Crippen LogP contribution < -0.4 is 0 Å². The van der Waals surface area contributed by atoms with Crippen molar-refractivity contribution >= 4 is 20.0 Å². The summed E-state index contributed by atoms with van der Waals surface area (Å²) in [5.74, 6) is 0. The second-order valence-corrected chi connectivity index (χ2v) is 10.3. The molecule has 0 spiro atoms. The van der Waals surface area contributed by atoms with Gasteiger partial charge in [0.1, 0.15) is 0 Å². The van der Waals surface area contributed by atoms with E-state index in [4.69, 9.17) is 0 Å². The lowest BCUT2D eigenvalue weighted by molar-refractivity contribution is -0.917. The van der Waals surface area contributed by atoms with E-state index in [1.807, 2.05) is 0 Å². The minimum absolute atomic E-state index is 0.778. The standard InChI is InChI=1S/C13H28N.C2F6NO4S2/c1-3-5-6-7-11-14(10-4-2)12-8-9-13-14;3-1(4,5)14(10,11)9-15(12,13)2(6,7)8/h3-13H2,1-2H3;/q+1;-1. The zero-order valence-electron chi connectivity index (χ0n) is 16.4. The number of alkyl halides is 6. The van der Waals surface area contributed by atoms with Gasteiger partial charge < -0.3 is 8.61 Å². The molecular weight excluding hydrogens is 450 g/mol. The van der Waals surface area contributed by atoms with Crippen LogP contribution in [0.2, 0.25) is 0 Å². The van der Waals surface area contributed by atoms with E-state index >= 15 is 0 Å². The molecule has 0 aliphatic carbocycles. The number of sulfonamides is 2. The molecule has 6 nitrogen and oxygen atoms in total. The van der Waals surface area contributed by atoms with Crippen LogP contribution in [0.3, 0.4) is 0 Å². The van der Waals surface area contributed by atoms with Crippen LogP contribution in [-0.2, 0) is 20.0 Å². The Morgan fingerprint density at radius 2 is 1.17 bits per heavy atom. The largest absolute Gasteiger partial charge is 0.480 e. The van der Waals surface area contributed by atoms with Crippen molar-refractivity contribution in [2.45, 2.75) is 69.8 Å². The van der Waals surface area contributed by atoms with Crippen molar-refractivity contribution in [1.29, 1.82) is 0 Å². The van der Waals surface area contributed by atoms with Crippen LogP contribution in [0.1, 0.15) is 58.8 Å². The van der Waals surface area contributed by atoms with Crippen LogP contribution in [-0.4, -0.2) is 58.5 Å². The maximum atomic E-state index is 11.4. The number of hydrogen-bond acceptors (Lipinski definition) is 4. The molecule has 0 bridgehead atoms. The summed E-state index contributed by atoms with van der Waals surface area (Å²) in [5.41, 5.74) is -12.4. The van der Waals surface area contributed by atoms with Gasteiger partial charge in [0.2, 0.25) is 0 Å². The lowest BCUT2D eigenvalue weighted by Crippen LogP contribution is -2.46. The minimum atomic E-state index is -6.72. The molecular formula is C15H28F6N2O4S2. The van der Waals surface area contributed by atoms with Crippen molar-refractivity contribution in [3.63, 3.8) is 0 Å². The Morgan fingerprint density at radius 1 is 0.724 bits per heavy atom. The molecule has 0 saturated carbocycles. The molecule has 0 atom stereocenters. The average Bonchev–Trinajstić information content (AvgIpc) is 2.98. The molecule has 1 aliphatic heterocycles. The summed E-state index contributed by atoms with van der Waals surface area (Å²) in [5, 5.41) is 0. The van der Waals surface area contributed by atoms with Gasteiger partial charge in [-0.15, -0.1) is 0 Å². The van der Waals surface area contributed by atoms with Crippen molar-refractivity contribution in [3.05, 3.63) is 4.13 Å². The maximum Gasteiger partial charge on any atom is 0.480 e. The second kappa shape index (κ2) is 11.1. The van der Waals surface area contributed by atoms with Crippen molar-refractivity contribution in [1.82, 2.24) is 0 Å². The van der Waals surface area contributed by atoms with Crippen LogP contribution >= 0.6 is 0 Å². The van der Waals surface area contributed by atoms with E-state index in [2.05, 4.69) is 13.8 Å². The fourth-order valence-corrected chi connectivity index (χ4v) is 4.84. The third-order valence-electron chi connectivity index (χ3n) is 4.48. The monoisotopic (exact) mass is 478 g/mol. The van der Waals surface area contributed by atoms with E-state index < -0.39 is 31.1 Å². The molecule has 176 valence electrons. The smallest absolute Gasteiger partial charge is 0.421 e. The third-order valence-corrected chi connectivity index (χ3v) is 7.22. The van der Waals surface area contributed by atoms with Gasteiger partial charge in [-0.1, -0.05) is 26.7 Å². The number of rotatable bonds is 9. The quantitative estimate of drug-likeness (QED) is 0.275. The molecule has 0 aromatic rings. The van der Waals surface area contributed by atoms with Gasteiger partial charge in [-0.25, -0.2) is 16.8 Å². The van der Waals surface area contributed by atoms with Crippen molar-refractivity contribution in [3.8, 4) is 0 Å². The fourth-order valence-electron chi connectivity index (χ4n) is 3.13. The fraction of sp³-hybridized carbons (Fsp3) is 1.00. The van der Waals surface area contributed by atoms with Gasteiger partial charge in [-0.2, -0.15) is 26.3 Å².